The fraction of sp³-hybridized carbons (Fsp3) is 0.241. The number of amides is 1. The zero-order chi connectivity index (χ0) is 21.5. The molecule has 3 atom stereocenters. The molecule has 2 saturated carbocycles. The predicted molar refractivity (Wildman–Crippen MR) is 130 cm³/mol. The van der Waals surface area contributed by atoms with Gasteiger partial charge in [-0.2, -0.15) is 0 Å². The molecule has 2 bridgehead atoms. The van der Waals surface area contributed by atoms with Gasteiger partial charge in [0.15, 0.2) is 0 Å². The highest BCUT2D eigenvalue weighted by molar-refractivity contribution is 6.09. The second-order valence-electron chi connectivity index (χ2n) is 9.28. The van der Waals surface area contributed by atoms with Crippen LogP contribution in [0.4, 0.5) is 5.69 Å². The number of nitrogens with one attached hydrogen (secondary N) is 1. The molecule has 1 N–H and O–H groups in total. The Morgan fingerprint density at radius 1 is 0.844 bits per heavy atom. The van der Waals surface area contributed by atoms with Crippen molar-refractivity contribution in [3.05, 3.63) is 96.2 Å². The number of nitrogens with zero attached hydrogens (tertiary/aromatic N) is 1. The highest BCUT2D eigenvalue weighted by Gasteiger charge is 2.41. The number of para-hydroxylation sites is 1. The quantitative estimate of drug-likeness (QED) is 0.385. The molecule has 2 aliphatic carbocycles. The SMILES string of the molecule is O=C(Nc1cccc2cccnc12)c1cc(-c2ccccc2)ccc1C1CC2CCC1C2. The minimum Gasteiger partial charge on any atom is -0.320 e. The molecule has 1 amide bonds. The number of hydrogen-bond acceptors (Lipinski definition) is 2. The summed E-state index contributed by atoms with van der Waals surface area (Å²) >= 11 is 0. The van der Waals surface area contributed by atoms with Gasteiger partial charge in [0.05, 0.1) is 11.2 Å². The summed E-state index contributed by atoms with van der Waals surface area (Å²) in [6.07, 6.45) is 6.95. The molecule has 2 fully saturated rings. The summed E-state index contributed by atoms with van der Waals surface area (Å²) in [7, 11) is 0. The first-order valence-corrected chi connectivity index (χ1v) is 11.6. The average molecular weight is 419 g/mol. The normalized spacial score (nSPS) is 21.7. The van der Waals surface area contributed by atoms with Crippen molar-refractivity contribution >= 4 is 22.5 Å². The van der Waals surface area contributed by atoms with Gasteiger partial charge in [0.25, 0.3) is 5.91 Å². The molecule has 2 aliphatic rings. The lowest BCUT2D eigenvalue weighted by atomic mass is 9.80. The Bertz CT molecular complexity index is 1290. The number of anilines is 1. The van der Waals surface area contributed by atoms with Crippen molar-refractivity contribution in [3.63, 3.8) is 0 Å². The lowest BCUT2D eigenvalue weighted by molar-refractivity contribution is 0.102. The van der Waals surface area contributed by atoms with E-state index in [1.165, 1.54) is 31.2 Å². The zero-order valence-electron chi connectivity index (χ0n) is 18.0. The molecule has 0 aliphatic heterocycles. The minimum atomic E-state index is -0.0429. The van der Waals surface area contributed by atoms with Crippen molar-refractivity contribution in [2.75, 3.05) is 5.32 Å². The summed E-state index contributed by atoms with van der Waals surface area (Å²) in [5.74, 6) is 1.99. The fourth-order valence-electron chi connectivity index (χ4n) is 5.91. The van der Waals surface area contributed by atoms with Gasteiger partial charge in [-0.15, -0.1) is 0 Å². The van der Waals surface area contributed by atoms with Crippen molar-refractivity contribution < 1.29 is 4.79 Å². The number of aromatic nitrogens is 1. The Kier molecular flexibility index (Phi) is 4.75. The molecule has 3 unspecified atom stereocenters. The largest absolute Gasteiger partial charge is 0.320 e. The van der Waals surface area contributed by atoms with Gasteiger partial charge in [0.2, 0.25) is 0 Å². The standard InChI is InChI=1S/C29H26N2O/c32-29(31-27-10-4-8-21-9-5-15-30-28(21)27)26-18-22(20-6-2-1-3-7-20)13-14-24(26)25-17-19-11-12-23(25)16-19/h1-10,13-15,18-19,23,25H,11-12,16-17H2,(H,31,32). The van der Waals surface area contributed by atoms with Crippen LogP contribution in [0.2, 0.25) is 0 Å². The van der Waals surface area contributed by atoms with E-state index in [2.05, 4.69) is 40.6 Å². The van der Waals surface area contributed by atoms with Gasteiger partial charge in [-0.05, 0) is 71.9 Å². The first kappa shape index (κ1) is 19.2. The van der Waals surface area contributed by atoms with Crippen LogP contribution < -0.4 is 5.32 Å². The van der Waals surface area contributed by atoms with Crippen LogP contribution in [0.1, 0.15) is 47.5 Å². The van der Waals surface area contributed by atoms with Crippen LogP contribution in [-0.4, -0.2) is 10.9 Å². The maximum atomic E-state index is 13.7. The topological polar surface area (TPSA) is 42.0 Å². The molecule has 4 aromatic rings. The van der Waals surface area contributed by atoms with Crippen molar-refractivity contribution in [1.29, 1.82) is 0 Å². The smallest absolute Gasteiger partial charge is 0.256 e. The lowest BCUT2D eigenvalue weighted by Gasteiger charge is -2.25. The maximum Gasteiger partial charge on any atom is 0.256 e. The highest BCUT2D eigenvalue weighted by Crippen LogP contribution is 2.53. The summed E-state index contributed by atoms with van der Waals surface area (Å²) < 4.78 is 0. The first-order chi connectivity index (χ1) is 15.8. The summed E-state index contributed by atoms with van der Waals surface area (Å²) in [6, 6.07) is 26.7. The van der Waals surface area contributed by atoms with Gasteiger partial charge in [-0.1, -0.05) is 67.1 Å². The van der Waals surface area contributed by atoms with Gasteiger partial charge >= 0.3 is 0 Å². The molecule has 3 aromatic carbocycles. The third-order valence-corrected chi connectivity index (χ3v) is 7.42. The molecule has 1 aromatic heterocycles. The Hall–Kier alpha value is -3.46. The third-order valence-electron chi connectivity index (χ3n) is 7.42. The van der Waals surface area contributed by atoms with Gasteiger partial charge in [-0.25, -0.2) is 0 Å². The lowest BCUT2D eigenvalue weighted by Crippen LogP contribution is -2.18. The zero-order valence-corrected chi connectivity index (χ0v) is 18.0. The van der Waals surface area contributed by atoms with Crippen molar-refractivity contribution in [1.82, 2.24) is 4.98 Å². The molecular formula is C29H26N2O. The van der Waals surface area contributed by atoms with Crippen LogP contribution >= 0.6 is 0 Å². The van der Waals surface area contributed by atoms with Gasteiger partial charge in [-0.3, -0.25) is 9.78 Å². The Morgan fingerprint density at radius 2 is 1.72 bits per heavy atom. The number of carbonyl (C=O) groups excluding carboxylic acids is 1. The number of fused-ring (bicyclic) bond motifs is 3. The number of hydrogen-bond donors (Lipinski definition) is 1. The monoisotopic (exact) mass is 418 g/mol. The van der Waals surface area contributed by atoms with Crippen LogP contribution in [0.5, 0.6) is 0 Å². The van der Waals surface area contributed by atoms with Crippen molar-refractivity contribution in [2.45, 2.75) is 31.6 Å². The summed E-state index contributed by atoms with van der Waals surface area (Å²) in [5, 5.41) is 4.21. The van der Waals surface area contributed by atoms with E-state index in [4.69, 9.17) is 0 Å². The first-order valence-electron chi connectivity index (χ1n) is 11.6. The number of rotatable bonds is 4. The molecule has 32 heavy (non-hydrogen) atoms. The van der Waals surface area contributed by atoms with Crippen molar-refractivity contribution in [3.8, 4) is 11.1 Å². The molecule has 0 spiro atoms. The summed E-state index contributed by atoms with van der Waals surface area (Å²) in [5.41, 5.74) is 5.81. The van der Waals surface area contributed by atoms with E-state index in [-0.39, 0.29) is 5.91 Å². The Balaban J connectivity index is 1.41. The number of pyridine rings is 1. The van der Waals surface area contributed by atoms with Gasteiger partial charge < -0.3 is 5.32 Å². The minimum absolute atomic E-state index is 0.0429. The maximum absolute atomic E-state index is 13.7. The van der Waals surface area contributed by atoms with Crippen LogP contribution in [0.25, 0.3) is 22.0 Å². The van der Waals surface area contributed by atoms with Crippen molar-refractivity contribution in [2.24, 2.45) is 11.8 Å². The van der Waals surface area contributed by atoms with Gasteiger partial charge in [0, 0.05) is 17.1 Å². The molecule has 1 heterocycles. The second kappa shape index (κ2) is 7.90. The highest BCUT2D eigenvalue weighted by atomic mass is 16.1. The average Bonchev–Trinajstić information content (AvgIpc) is 3.48. The molecular weight excluding hydrogens is 392 g/mol. The predicted octanol–water partition coefficient (Wildman–Crippen LogP) is 7.06. The molecule has 0 radical (unpaired) electrons. The third kappa shape index (κ3) is 3.38. The van der Waals surface area contributed by atoms with Crippen LogP contribution in [0, 0.1) is 11.8 Å². The Labute approximate surface area is 188 Å². The summed E-state index contributed by atoms with van der Waals surface area (Å²) in [4.78, 5) is 18.2. The van der Waals surface area contributed by atoms with E-state index in [0.29, 0.717) is 11.8 Å². The summed E-state index contributed by atoms with van der Waals surface area (Å²) in [6.45, 7) is 0. The van der Waals surface area contributed by atoms with Crippen LogP contribution in [0.3, 0.4) is 0 Å². The van der Waals surface area contributed by atoms with Crippen LogP contribution in [-0.2, 0) is 0 Å². The Morgan fingerprint density at radius 3 is 2.53 bits per heavy atom. The molecule has 158 valence electrons. The van der Waals surface area contributed by atoms with E-state index in [1.807, 2.05) is 48.5 Å². The molecule has 6 rings (SSSR count). The number of benzene rings is 3. The second-order valence-corrected chi connectivity index (χ2v) is 9.28. The number of carbonyl (C=O) groups is 1. The van der Waals surface area contributed by atoms with Crippen LogP contribution in [0.15, 0.2) is 85.1 Å². The van der Waals surface area contributed by atoms with E-state index < -0.39 is 0 Å². The van der Waals surface area contributed by atoms with E-state index in [1.54, 1.807) is 6.20 Å². The van der Waals surface area contributed by atoms with E-state index in [0.717, 1.165) is 39.2 Å². The van der Waals surface area contributed by atoms with Gasteiger partial charge in [0.1, 0.15) is 0 Å². The van der Waals surface area contributed by atoms with E-state index in [9.17, 15) is 4.79 Å². The molecule has 3 heteroatoms. The molecule has 3 nitrogen and oxygen atoms in total. The van der Waals surface area contributed by atoms with E-state index >= 15 is 0 Å². The fourth-order valence-corrected chi connectivity index (χ4v) is 5.91. The molecule has 0 saturated heterocycles.